The standard InChI is InChI=1S/C16H24FNO/c1-13(2)14-6-7-16(15(17)12-14)19-11-10-18-8-4-3-5-9-18/h6-7,12-13H,3-5,8-11H2,1-2H3. The van der Waals surface area contributed by atoms with E-state index in [0.29, 0.717) is 18.3 Å². The van der Waals surface area contributed by atoms with Crippen molar-refractivity contribution in [3.63, 3.8) is 0 Å². The number of likely N-dealkylation sites (tertiary alicyclic amines) is 1. The number of benzene rings is 1. The lowest BCUT2D eigenvalue weighted by Gasteiger charge is -2.26. The SMILES string of the molecule is CC(C)c1ccc(OCCN2CCCCC2)c(F)c1. The number of rotatable bonds is 5. The van der Waals surface area contributed by atoms with Crippen molar-refractivity contribution in [1.82, 2.24) is 4.90 Å². The van der Waals surface area contributed by atoms with E-state index in [9.17, 15) is 4.39 Å². The van der Waals surface area contributed by atoms with Crippen LogP contribution in [0.15, 0.2) is 18.2 Å². The van der Waals surface area contributed by atoms with Crippen molar-refractivity contribution in [2.75, 3.05) is 26.2 Å². The summed E-state index contributed by atoms with van der Waals surface area (Å²) in [5.41, 5.74) is 1.01. The molecule has 1 heterocycles. The van der Waals surface area contributed by atoms with Gasteiger partial charge in [-0.2, -0.15) is 0 Å². The van der Waals surface area contributed by atoms with Crippen molar-refractivity contribution in [2.45, 2.75) is 39.0 Å². The molecule has 0 unspecified atom stereocenters. The normalized spacial score (nSPS) is 16.8. The highest BCUT2D eigenvalue weighted by atomic mass is 19.1. The van der Waals surface area contributed by atoms with Gasteiger partial charge in [-0.3, -0.25) is 4.90 Å². The van der Waals surface area contributed by atoms with Crippen molar-refractivity contribution in [3.8, 4) is 5.75 Å². The molecule has 2 rings (SSSR count). The molecule has 1 fully saturated rings. The second-order valence-electron chi connectivity index (χ2n) is 5.60. The molecule has 3 heteroatoms. The minimum Gasteiger partial charge on any atom is -0.489 e. The van der Waals surface area contributed by atoms with Crippen LogP contribution < -0.4 is 4.74 Å². The fourth-order valence-electron chi connectivity index (χ4n) is 2.46. The molecule has 0 bridgehead atoms. The van der Waals surface area contributed by atoms with Crippen molar-refractivity contribution in [2.24, 2.45) is 0 Å². The Labute approximate surface area is 115 Å². The number of ether oxygens (including phenoxy) is 1. The molecule has 0 saturated carbocycles. The highest BCUT2D eigenvalue weighted by Gasteiger charge is 2.11. The van der Waals surface area contributed by atoms with E-state index in [2.05, 4.69) is 18.7 Å². The molecule has 0 aromatic heterocycles. The smallest absolute Gasteiger partial charge is 0.165 e. The number of halogens is 1. The lowest BCUT2D eigenvalue weighted by molar-refractivity contribution is 0.180. The van der Waals surface area contributed by atoms with Gasteiger partial charge in [0.15, 0.2) is 11.6 Å². The fraction of sp³-hybridized carbons (Fsp3) is 0.625. The zero-order chi connectivity index (χ0) is 13.7. The Balaban J connectivity index is 1.82. The minimum absolute atomic E-state index is 0.246. The van der Waals surface area contributed by atoms with E-state index < -0.39 is 0 Å². The van der Waals surface area contributed by atoms with Gasteiger partial charge in [-0.25, -0.2) is 4.39 Å². The third-order valence-corrected chi connectivity index (χ3v) is 3.74. The van der Waals surface area contributed by atoms with E-state index in [1.807, 2.05) is 6.07 Å². The van der Waals surface area contributed by atoms with Gasteiger partial charge in [0.25, 0.3) is 0 Å². The number of hydrogen-bond acceptors (Lipinski definition) is 2. The summed E-state index contributed by atoms with van der Waals surface area (Å²) in [4.78, 5) is 2.39. The van der Waals surface area contributed by atoms with Crippen LogP contribution in [0.1, 0.15) is 44.6 Å². The van der Waals surface area contributed by atoms with Crippen LogP contribution in [0.3, 0.4) is 0 Å². The molecule has 0 amide bonds. The van der Waals surface area contributed by atoms with Gasteiger partial charge in [0.1, 0.15) is 6.61 Å². The molecule has 1 aliphatic rings. The summed E-state index contributed by atoms with van der Waals surface area (Å²) >= 11 is 0. The van der Waals surface area contributed by atoms with Crippen molar-refractivity contribution in [1.29, 1.82) is 0 Å². The van der Waals surface area contributed by atoms with Crippen molar-refractivity contribution in [3.05, 3.63) is 29.6 Å². The van der Waals surface area contributed by atoms with E-state index >= 15 is 0 Å². The van der Waals surface area contributed by atoms with Crippen LogP contribution in [0.4, 0.5) is 4.39 Å². The lowest BCUT2D eigenvalue weighted by atomic mass is 10.0. The summed E-state index contributed by atoms with van der Waals surface area (Å²) in [7, 11) is 0. The van der Waals surface area contributed by atoms with Crippen LogP contribution in [-0.4, -0.2) is 31.1 Å². The Kier molecular flexibility index (Phi) is 5.20. The first-order chi connectivity index (χ1) is 9.16. The summed E-state index contributed by atoms with van der Waals surface area (Å²) in [5.74, 6) is 0.475. The van der Waals surface area contributed by atoms with Crippen LogP contribution in [0.5, 0.6) is 5.75 Å². The molecule has 1 saturated heterocycles. The van der Waals surface area contributed by atoms with Crippen LogP contribution >= 0.6 is 0 Å². The molecule has 1 aliphatic heterocycles. The maximum Gasteiger partial charge on any atom is 0.165 e. The summed E-state index contributed by atoms with van der Waals surface area (Å²) in [6, 6.07) is 5.28. The van der Waals surface area contributed by atoms with Crippen molar-refractivity contribution >= 4 is 0 Å². The molecule has 0 spiro atoms. The predicted molar refractivity (Wildman–Crippen MR) is 76.3 cm³/mol. The van der Waals surface area contributed by atoms with E-state index in [0.717, 1.165) is 25.2 Å². The summed E-state index contributed by atoms with van der Waals surface area (Å²) < 4.78 is 19.4. The quantitative estimate of drug-likeness (QED) is 0.802. The van der Waals surface area contributed by atoms with Crippen molar-refractivity contribution < 1.29 is 9.13 Å². The second-order valence-corrected chi connectivity index (χ2v) is 5.60. The molecule has 1 aromatic carbocycles. The first kappa shape index (κ1) is 14.3. The monoisotopic (exact) mass is 265 g/mol. The summed E-state index contributed by atoms with van der Waals surface area (Å²) in [6.07, 6.45) is 3.89. The maximum atomic E-state index is 13.8. The highest BCUT2D eigenvalue weighted by molar-refractivity contribution is 5.30. The van der Waals surface area contributed by atoms with Crippen LogP contribution in [0.2, 0.25) is 0 Å². The van der Waals surface area contributed by atoms with E-state index in [1.165, 1.54) is 19.3 Å². The van der Waals surface area contributed by atoms with Crippen LogP contribution in [0.25, 0.3) is 0 Å². The highest BCUT2D eigenvalue weighted by Crippen LogP contribution is 2.22. The molecule has 19 heavy (non-hydrogen) atoms. The molecular formula is C16H24FNO. The van der Waals surface area contributed by atoms with E-state index in [4.69, 9.17) is 4.74 Å². The fourth-order valence-corrected chi connectivity index (χ4v) is 2.46. The Morgan fingerprint density at radius 3 is 2.58 bits per heavy atom. The number of hydrogen-bond donors (Lipinski definition) is 0. The topological polar surface area (TPSA) is 12.5 Å². The summed E-state index contributed by atoms with van der Waals surface area (Å²) in [6.45, 7) is 7.89. The lowest BCUT2D eigenvalue weighted by Crippen LogP contribution is -2.33. The van der Waals surface area contributed by atoms with Crippen LogP contribution in [-0.2, 0) is 0 Å². The number of nitrogens with zero attached hydrogens (tertiary/aromatic N) is 1. The zero-order valence-corrected chi connectivity index (χ0v) is 12.0. The Morgan fingerprint density at radius 1 is 1.21 bits per heavy atom. The first-order valence-electron chi connectivity index (χ1n) is 7.31. The molecule has 0 N–H and O–H groups in total. The van der Waals surface area contributed by atoms with E-state index in [-0.39, 0.29) is 5.82 Å². The first-order valence-corrected chi connectivity index (χ1v) is 7.31. The van der Waals surface area contributed by atoms with Gasteiger partial charge < -0.3 is 4.74 Å². The molecular weight excluding hydrogens is 241 g/mol. The van der Waals surface area contributed by atoms with Gasteiger partial charge in [0.05, 0.1) is 0 Å². The maximum absolute atomic E-state index is 13.8. The van der Waals surface area contributed by atoms with Gasteiger partial charge in [-0.15, -0.1) is 0 Å². The molecule has 0 atom stereocenters. The molecule has 1 aromatic rings. The molecule has 0 radical (unpaired) electrons. The third-order valence-electron chi connectivity index (χ3n) is 3.74. The Hall–Kier alpha value is -1.09. The predicted octanol–water partition coefficient (Wildman–Crippen LogP) is 3.81. The third kappa shape index (κ3) is 4.20. The zero-order valence-electron chi connectivity index (χ0n) is 12.0. The largest absolute Gasteiger partial charge is 0.489 e. The van der Waals surface area contributed by atoms with Gasteiger partial charge in [0.2, 0.25) is 0 Å². The van der Waals surface area contributed by atoms with E-state index in [1.54, 1.807) is 12.1 Å². The van der Waals surface area contributed by atoms with Gasteiger partial charge in [0, 0.05) is 6.54 Å². The number of piperidine rings is 1. The van der Waals surface area contributed by atoms with Crippen LogP contribution in [0, 0.1) is 5.82 Å². The Morgan fingerprint density at radius 2 is 1.95 bits per heavy atom. The molecule has 0 aliphatic carbocycles. The average Bonchev–Trinajstić information content (AvgIpc) is 2.41. The minimum atomic E-state index is -0.246. The molecule has 2 nitrogen and oxygen atoms in total. The second kappa shape index (κ2) is 6.90. The average molecular weight is 265 g/mol. The summed E-state index contributed by atoms with van der Waals surface area (Å²) in [5, 5.41) is 0. The van der Waals surface area contributed by atoms with Gasteiger partial charge >= 0.3 is 0 Å². The van der Waals surface area contributed by atoms with Gasteiger partial charge in [-0.05, 0) is 49.5 Å². The van der Waals surface area contributed by atoms with Gasteiger partial charge in [-0.1, -0.05) is 26.3 Å². The molecule has 106 valence electrons. The Bertz CT molecular complexity index is 400.